The number of H-pyrrole nitrogens is 1. The Bertz CT molecular complexity index is 754. The van der Waals surface area contributed by atoms with Crippen LogP contribution in [0.2, 0.25) is 0 Å². The summed E-state index contributed by atoms with van der Waals surface area (Å²) in [6, 6.07) is 9.77. The molecule has 0 atom stereocenters. The molecule has 3 rings (SSSR count). The number of nitrogens with one attached hydrogen (secondary N) is 2. The number of hydrogen-bond donors (Lipinski definition) is 2. The highest BCUT2D eigenvalue weighted by atomic mass is 32.2. The first-order valence-corrected chi connectivity index (χ1v) is 7.45. The van der Waals surface area contributed by atoms with E-state index in [9.17, 15) is 4.79 Å². The van der Waals surface area contributed by atoms with E-state index in [-0.39, 0.29) is 11.7 Å². The summed E-state index contributed by atoms with van der Waals surface area (Å²) in [4.78, 5) is 15.6. The first-order chi connectivity index (χ1) is 10.7. The van der Waals surface area contributed by atoms with Crippen molar-refractivity contribution in [2.45, 2.75) is 5.16 Å². The fourth-order valence-corrected chi connectivity index (χ4v) is 2.55. The Morgan fingerprint density at radius 3 is 2.86 bits per heavy atom. The molecule has 22 heavy (non-hydrogen) atoms. The Hall–Kier alpha value is -2.68. The van der Waals surface area contributed by atoms with Crippen molar-refractivity contribution in [1.82, 2.24) is 29.9 Å². The molecule has 0 spiro atoms. The van der Waals surface area contributed by atoms with Crippen molar-refractivity contribution in [3.05, 3.63) is 36.7 Å². The normalized spacial score (nSPS) is 10.6. The zero-order valence-corrected chi connectivity index (χ0v) is 12.5. The molecule has 0 radical (unpaired) electrons. The molecule has 8 nitrogen and oxygen atoms in total. The van der Waals surface area contributed by atoms with Gasteiger partial charge in [0.2, 0.25) is 11.9 Å². The number of carbonyl (C=O) groups excluding carboxylic acids is 1. The van der Waals surface area contributed by atoms with Crippen molar-refractivity contribution < 1.29 is 4.79 Å². The minimum Gasteiger partial charge on any atom is -0.305 e. The van der Waals surface area contributed by atoms with Crippen LogP contribution in [-0.2, 0) is 11.8 Å². The lowest BCUT2D eigenvalue weighted by Crippen LogP contribution is -2.15. The molecule has 2 heterocycles. The van der Waals surface area contributed by atoms with Gasteiger partial charge in [-0.05, 0) is 0 Å². The van der Waals surface area contributed by atoms with Gasteiger partial charge in [-0.15, -0.1) is 10.2 Å². The smallest absolute Gasteiger partial charge is 0.237 e. The molecule has 2 aromatic heterocycles. The monoisotopic (exact) mass is 315 g/mol. The Kier molecular flexibility index (Phi) is 4.15. The Labute approximate surface area is 130 Å². The van der Waals surface area contributed by atoms with E-state index >= 15 is 0 Å². The molecule has 0 saturated carbocycles. The highest BCUT2D eigenvalue weighted by Crippen LogP contribution is 2.22. The van der Waals surface area contributed by atoms with Crippen molar-refractivity contribution >= 4 is 23.6 Å². The number of aromatic nitrogens is 6. The van der Waals surface area contributed by atoms with Crippen LogP contribution in [0.3, 0.4) is 0 Å². The van der Waals surface area contributed by atoms with Gasteiger partial charge in [0.05, 0.1) is 5.75 Å². The van der Waals surface area contributed by atoms with E-state index < -0.39 is 0 Å². The van der Waals surface area contributed by atoms with Gasteiger partial charge in [-0.25, -0.2) is 5.10 Å². The van der Waals surface area contributed by atoms with Crippen LogP contribution in [-0.4, -0.2) is 41.6 Å². The third kappa shape index (κ3) is 3.14. The number of rotatable bonds is 5. The maximum absolute atomic E-state index is 11.8. The number of carbonyl (C=O) groups is 1. The molecule has 0 saturated heterocycles. The second kappa shape index (κ2) is 6.39. The molecule has 3 aromatic rings. The van der Waals surface area contributed by atoms with Gasteiger partial charge < -0.3 is 4.57 Å². The molecule has 1 aromatic carbocycles. The largest absolute Gasteiger partial charge is 0.305 e. The predicted octanol–water partition coefficient (Wildman–Crippen LogP) is 1.33. The van der Waals surface area contributed by atoms with Crippen molar-refractivity contribution in [1.29, 1.82) is 0 Å². The summed E-state index contributed by atoms with van der Waals surface area (Å²) >= 11 is 1.31. The maximum atomic E-state index is 11.8. The first-order valence-electron chi connectivity index (χ1n) is 6.47. The number of benzene rings is 1. The van der Waals surface area contributed by atoms with Gasteiger partial charge in [0, 0.05) is 12.6 Å². The van der Waals surface area contributed by atoms with E-state index in [4.69, 9.17) is 0 Å². The van der Waals surface area contributed by atoms with Gasteiger partial charge >= 0.3 is 0 Å². The summed E-state index contributed by atoms with van der Waals surface area (Å²) in [5.74, 6) is 1.11. The van der Waals surface area contributed by atoms with Gasteiger partial charge in [-0.2, -0.15) is 10.1 Å². The molecule has 0 fully saturated rings. The lowest BCUT2D eigenvalue weighted by Gasteiger charge is -2.03. The molecule has 0 aliphatic rings. The van der Waals surface area contributed by atoms with Crippen molar-refractivity contribution in [3.8, 4) is 11.4 Å². The molecule has 112 valence electrons. The van der Waals surface area contributed by atoms with Crippen LogP contribution >= 0.6 is 11.8 Å². The minimum atomic E-state index is -0.189. The Balaban J connectivity index is 1.64. The van der Waals surface area contributed by atoms with Crippen LogP contribution in [0.4, 0.5) is 5.95 Å². The summed E-state index contributed by atoms with van der Waals surface area (Å²) in [7, 11) is 1.87. The molecule has 1 amide bonds. The van der Waals surface area contributed by atoms with Crippen molar-refractivity contribution in [2.75, 3.05) is 11.1 Å². The Morgan fingerprint density at radius 1 is 1.32 bits per heavy atom. The van der Waals surface area contributed by atoms with E-state index in [0.29, 0.717) is 11.1 Å². The van der Waals surface area contributed by atoms with Gasteiger partial charge in [-0.1, -0.05) is 42.1 Å². The fourth-order valence-electron chi connectivity index (χ4n) is 1.84. The van der Waals surface area contributed by atoms with Gasteiger partial charge in [0.15, 0.2) is 11.0 Å². The van der Waals surface area contributed by atoms with E-state index in [0.717, 1.165) is 11.4 Å². The number of thioether (sulfide) groups is 1. The lowest BCUT2D eigenvalue weighted by atomic mass is 10.2. The van der Waals surface area contributed by atoms with Crippen LogP contribution in [0.1, 0.15) is 0 Å². The standard InChI is InChI=1S/C13H13N7OS/c1-20-11(9-5-3-2-4-6-9)17-19-13(20)22-7-10(21)16-12-14-8-15-18-12/h2-6,8H,7H2,1H3,(H2,14,15,16,18,21). The van der Waals surface area contributed by atoms with E-state index in [1.54, 1.807) is 0 Å². The van der Waals surface area contributed by atoms with E-state index in [2.05, 4.69) is 30.7 Å². The second-order valence-corrected chi connectivity index (χ2v) is 5.34. The van der Waals surface area contributed by atoms with Crippen LogP contribution < -0.4 is 5.32 Å². The molecular weight excluding hydrogens is 302 g/mol. The number of aromatic amines is 1. The highest BCUT2D eigenvalue weighted by molar-refractivity contribution is 7.99. The molecule has 0 aliphatic heterocycles. The summed E-state index contributed by atoms with van der Waals surface area (Å²) in [6.07, 6.45) is 1.33. The van der Waals surface area contributed by atoms with Crippen molar-refractivity contribution in [2.24, 2.45) is 7.05 Å². The average Bonchev–Trinajstić information content (AvgIpc) is 3.16. The van der Waals surface area contributed by atoms with Crippen LogP contribution in [0.25, 0.3) is 11.4 Å². The van der Waals surface area contributed by atoms with Crippen LogP contribution in [0, 0.1) is 0 Å². The Morgan fingerprint density at radius 2 is 2.14 bits per heavy atom. The second-order valence-electron chi connectivity index (χ2n) is 4.40. The zero-order chi connectivity index (χ0) is 15.4. The molecule has 0 unspecified atom stereocenters. The van der Waals surface area contributed by atoms with Crippen LogP contribution in [0.5, 0.6) is 0 Å². The van der Waals surface area contributed by atoms with Gasteiger partial charge in [0.1, 0.15) is 6.33 Å². The number of hydrogen-bond acceptors (Lipinski definition) is 6. The molecule has 2 N–H and O–H groups in total. The first kappa shape index (κ1) is 14.3. The summed E-state index contributed by atoms with van der Waals surface area (Å²) < 4.78 is 1.86. The molecule has 0 aliphatic carbocycles. The van der Waals surface area contributed by atoms with Gasteiger partial charge in [-0.3, -0.25) is 10.1 Å². The number of amides is 1. The highest BCUT2D eigenvalue weighted by Gasteiger charge is 2.13. The van der Waals surface area contributed by atoms with E-state index in [1.807, 2.05) is 41.9 Å². The minimum absolute atomic E-state index is 0.189. The number of nitrogens with zero attached hydrogens (tertiary/aromatic N) is 5. The predicted molar refractivity (Wildman–Crippen MR) is 82.2 cm³/mol. The third-order valence-electron chi connectivity index (χ3n) is 2.87. The van der Waals surface area contributed by atoms with E-state index in [1.165, 1.54) is 18.1 Å². The fraction of sp³-hybridized carbons (Fsp3) is 0.154. The van der Waals surface area contributed by atoms with Gasteiger partial charge in [0.25, 0.3) is 0 Å². The lowest BCUT2D eigenvalue weighted by molar-refractivity contribution is -0.113. The summed E-state index contributed by atoms with van der Waals surface area (Å²) in [6.45, 7) is 0. The summed E-state index contributed by atoms with van der Waals surface area (Å²) in [5, 5.41) is 17.8. The molecule has 9 heteroatoms. The topological polar surface area (TPSA) is 101 Å². The van der Waals surface area contributed by atoms with Crippen molar-refractivity contribution in [3.63, 3.8) is 0 Å². The average molecular weight is 315 g/mol. The SMILES string of the molecule is Cn1c(SCC(=O)Nc2ncn[nH]2)nnc1-c1ccccc1. The molecular formula is C13H13N7OS. The maximum Gasteiger partial charge on any atom is 0.237 e. The third-order valence-corrected chi connectivity index (χ3v) is 3.89. The number of anilines is 1. The zero-order valence-electron chi connectivity index (χ0n) is 11.7. The quantitative estimate of drug-likeness (QED) is 0.689. The van der Waals surface area contributed by atoms with Crippen LogP contribution in [0.15, 0.2) is 41.8 Å². The molecule has 0 bridgehead atoms. The summed E-state index contributed by atoms with van der Waals surface area (Å²) in [5.41, 5.74) is 0.982.